The molecular weight excluding hydrogens is 354 g/mol. The van der Waals surface area contributed by atoms with E-state index < -0.39 is 0 Å². The summed E-state index contributed by atoms with van der Waals surface area (Å²) in [6.07, 6.45) is 6.82. The van der Waals surface area contributed by atoms with Gasteiger partial charge in [0.1, 0.15) is 5.75 Å². The van der Waals surface area contributed by atoms with E-state index in [4.69, 9.17) is 4.74 Å². The highest BCUT2D eigenvalue weighted by molar-refractivity contribution is 5.84. The molecule has 0 N–H and O–H groups in total. The van der Waals surface area contributed by atoms with Gasteiger partial charge in [-0.05, 0) is 25.0 Å². The molecule has 0 spiro atoms. The third kappa shape index (κ3) is 4.97. The second-order valence-corrected chi connectivity index (χ2v) is 7.83. The number of hydrogen-bond donors (Lipinski definition) is 0. The van der Waals surface area contributed by atoms with Gasteiger partial charge in [-0.3, -0.25) is 9.59 Å². The predicted molar refractivity (Wildman–Crippen MR) is 111 cm³/mol. The van der Waals surface area contributed by atoms with Crippen molar-refractivity contribution in [3.05, 3.63) is 24.3 Å². The third-order valence-electron chi connectivity index (χ3n) is 6.03. The Hall–Kier alpha value is -2.24. The molecule has 1 aromatic carbocycles. The second kappa shape index (κ2) is 9.80. The van der Waals surface area contributed by atoms with Crippen molar-refractivity contribution in [1.82, 2.24) is 9.80 Å². The fourth-order valence-corrected chi connectivity index (χ4v) is 4.40. The van der Waals surface area contributed by atoms with Gasteiger partial charge < -0.3 is 19.4 Å². The first kappa shape index (κ1) is 20.5. The molecule has 154 valence electrons. The highest BCUT2D eigenvalue weighted by Crippen LogP contribution is 2.28. The molecule has 6 heteroatoms. The van der Waals surface area contributed by atoms with Crippen LogP contribution in [0.25, 0.3) is 0 Å². The van der Waals surface area contributed by atoms with E-state index >= 15 is 0 Å². The maximum absolute atomic E-state index is 12.9. The lowest BCUT2D eigenvalue weighted by Gasteiger charge is -2.38. The molecular formula is C22H33N3O3. The Balaban J connectivity index is 1.57. The van der Waals surface area contributed by atoms with E-state index in [0.717, 1.165) is 50.2 Å². The first-order chi connectivity index (χ1) is 13.6. The van der Waals surface area contributed by atoms with Gasteiger partial charge in [0.25, 0.3) is 0 Å². The molecule has 2 amide bonds. The molecule has 0 radical (unpaired) electrons. The SMILES string of the molecule is COc1ccccc1N1CCN(C(=O)CN(C(C)=O)C2CCCCCC2)CC1. The molecule has 0 aromatic heterocycles. The van der Waals surface area contributed by atoms with Crippen molar-refractivity contribution in [3.63, 3.8) is 0 Å². The second-order valence-electron chi connectivity index (χ2n) is 7.83. The van der Waals surface area contributed by atoms with Crippen LogP contribution in [-0.4, -0.2) is 67.5 Å². The smallest absolute Gasteiger partial charge is 0.242 e. The Bertz CT molecular complexity index is 663. The van der Waals surface area contributed by atoms with E-state index in [1.807, 2.05) is 28.0 Å². The lowest BCUT2D eigenvalue weighted by molar-refractivity contribution is -0.141. The Morgan fingerprint density at radius 2 is 1.68 bits per heavy atom. The molecule has 2 aliphatic rings. The molecule has 0 bridgehead atoms. The molecule has 1 aliphatic heterocycles. The highest BCUT2D eigenvalue weighted by atomic mass is 16.5. The minimum atomic E-state index is 0.0212. The maximum atomic E-state index is 12.9. The van der Waals surface area contributed by atoms with Gasteiger partial charge in [-0.25, -0.2) is 0 Å². The lowest BCUT2D eigenvalue weighted by Crippen LogP contribution is -2.53. The standard InChI is InChI=1S/C22H33N3O3/c1-18(26)25(19-9-5-3-4-6-10-19)17-22(27)24-15-13-23(14-16-24)20-11-7-8-12-21(20)28-2/h7-8,11-12,19H,3-6,9-10,13-17H2,1-2H3. The van der Waals surface area contributed by atoms with Crippen LogP contribution in [0.3, 0.4) is 0 Å². The summed E-state index contributed by atoms with van der Waals surface area (Å²) in [5.74, 6) is 0.949. The number of anilines is 1. The van der Waals surface area contributed by atoms with E-state index in [1.165, 1.54) is 12.8 Å². The van der Waals surface area contributed by atoms with Crippen LogP contribution in [0.4, 0.5) is 5.69 Å². The average molecular weight is 388 g/mol. The number of para-hydroxylation sites is 2. The topological polar surface area (TPSA) is 53.1 Å². The number of benzene rings is 1. The zero-order chi connectivity index (χ0) is 19.9. The van der Waals surface area contributed by atoms with Crippen LogP contribution >= 0.6 is 0 Å². The summed E-state index contributed by atoms with van der Waals surface area (Å²) in [7, 11) is 1.68. The van der Waals surface area contributed by atoms with Crippen molar-refractivity contribution in [2.45, 2.75) is 51.5 Å². The van der Waals surface area contributed by atoms with Crippen LogP contribution in [0.2, 0.25) is 0 Å². The summed E-state index contributed by atoms with van der Waals surface area (Å²) in [6.45, 7) is 4.71. The van der Waals surface area contributed by atoms with Gasteiger partial charge >= 0.3 is 0 Å². The van der Waals surface area contributed by atoms with E-state index in [-0.39, 0.29) is 24.4 Å². The zero-order valence-electron chi connectivity index (χ0n) is 17.2. The number of nitrogens with zero attached hydrogens (tertiary/aromatic N) is 3. The van der Waals surface area contributed by atoms with E-state index in [0.29, 0.717) is 13.1 Å². The van der Waals surface area contributed by atoms with Gasteiger partial charge in [0.15, 0.2) is 0 Å². The molecule has 1 saturated heterocycles. The molecule has 2 fully saturated rings. The first-order valence-electron chi connectivity index (χ1n) is 10.5. The van der Waals surface area contributed by atoms with Crippen molar-refractivity contribution in [3.8, 4) is 5.75 Å². The number of ether oxygens (including phenoxy) is 1. The number of carbonyl (C=O) groups excluding carboxylic acids is 2. The number of amides is 2. The molecule has 1 heterocycles. The van der Waals surface area contributed by atoms with Crippen molar-refractivity contribution in [2.75, 3.05) is 44.7 Å². The molecule has 3 rings (SSSR count). The summed E-state index contributed by atoms with van der Waals surface area (Å²) in [6, 6.07) is 8.21. The summed E-state index contributed by atoms with van der Waals surface area (Å²) >= 11 is 0. The van der Waals surface area contributed by atoms with E-state index in [1.54, 1.807) is 14.0 Å². The molecule has 0 atom stereocenters. The lowest BCUT2D eigenvalue weighted by atomic mass is 10.1. The molecule has 1 saturated carbocycles. The summed E-state index contributed by atoms with van der Waals surface area (Å²) in [5.41, 5.74) is 1.07. The quantitative estimate of drug-likeness (QED) is 0.729. The monoisotopic (exact) mass is 387 g/mol. The fourth-order valence-electron chi connectivity index (χ4n) is 4.40. The van der Waals surface area contributed by atoms with Crippen LogP contribution in [-0.2, 0) is 9.59 Å². The Kier molecular flexibility index (Phi) is 7.18. The number of rotatable bonds is 5. The molecule has 1 aliphatic carbocycles. The van der Waals surface area contributed by atoms with E-state index in [9.17, 15) is 9.59 Å². The van der Waals surface area contributed by atoms with Crippen LogP contribution in [0, 0.1) is 0 Å². The molecule has 0 unspecified atom stereocenters. The van der Waals surface area contributed by atoms with E-state index in [2.05, 4.69) is 11.0 Å². The van der Waals surface area contributed by atoms with Crippen LogP contribution in [0.15, 0.2) is 24.3 Å². The van der Waals surface area contributed by atoms with Gasteiger partial charge in [0.05, 0.1) is 19.3 Å². The summed E-state index contributed by atoms with van der Waals surface area (Å²) in [5, 5.41) is 0. The van der Waals surface area contributed by atoms with Gasteiger partial charge in [0.2, 0.25) is 11.8 Å². The van der Waals surface area contributed by atoms with Crippen molar-refractivity contribution >= 4 is 17.5 Å². The molecule has 6 nitrogen and oxygen atoms in total. The normalized spacial score (nSPS) is 18.5. The number of methoxy groups -OCH3 is 1. The molecule has 28 heavy (non-hydrogen) atoms. The number of hydrogen-bond acceptors (Lipinski definition) is 4. The Morgan fingerprint density at radius 3 is 2.29 bits per heavy atom. The van der Waals surface area contributed by atoms with Gasteiger partial charge in [0, 0.05) is 39.1 Å². The zero-order valence-corrected chi connectivity index (χ0v) is 17.2. The fraction of sp³-hybridized carbons (Fsp3) is 0.636. The van der Waals surface area contributed by atoms with Crippen molar-refractivity contribution in [1.29, 1.82) is 0 Å². The van der Waals surface area contributed by atoms with Crippen molar-refractivity contribution < 1.29 is 14.3 Å². The third-order valence-corrected chi connectivity index (χ3v) is 6.03. The van der Waals surface area contributed by atoms with Crippen molar-refractivity contribution in [2.24, 2.45) is 0 Å². The number of carbonyl (C=O) groups is 2. The minimum absolute atomic E-state index is 0.0212. The molecule has 1 aromatic rings. The van der Waals surface area contributed by atoms with Crippen LogP contribution in [0.5, 0.6) is 5.75 Å². The van der Waals surface area contributed by atoms with Gasteiger partial charge in [-0.1, -0.05) is 37.8 Å². The van der Waals surface area contributed by atoms with Crippen LogP contribution < -0.4 is 9.64 Å². The Morgan fingerprint density at radius 1 is 1.04 bits per heavy atom. The first-order valence-corrected chi connectivity index (χ1v) is 10.5. The van der Waals surface area contributed by atoms with Crippen LogP contribution in [0.1, 0.15) is 45.4 Å². The summed E-state index contributed by atoms with van der Waals surface area (Å²) < 4.78 is 5.46. The average Bonchev–Trinajstić information content (AvgIpc) is 3.01. The Labute approximate surface area is 168 Å². The predicted octanol–water partition coefficient (Wildman–Crippen LogP) is 2.92. The van der Waals surface area contributed by atoms with Gasteiger partial charge in [-0.15, -0.1) is 0 Å². The largest absolute Gasteiger partial charge is 0.495 e. The maximum Gasteiger partial charge on any atom is 0.242 e. The highest BCUT2D eigenvalue weighted by Gasteiger charge is 2.28. The minimum Gasteiger partial charge on any atom is -0.495 e. The summed E-state index contributed by atoms with van der Waals surface area (Å²) in [4.78, 5) is 31.1. The number of piperazine rings is 1. The van der Waals surface area contributed by atoms with Gasteiger partial charge in [-0.2, -0.15) is 0 Å².